The maximum Gasteiger partial charge on any atom is 0.419 e. The van der Waals surface area contributed by atoms with Crippen molar-refractivity contribution in [1.29, 1.82) is 0 Å². The molecule has 0 unspecified atom stereocenters. The third-order valence-electron chi connectivity index (χ3n) is 10.8. The van der Waals surface area contributed by atoms with Crippen molar-refractivity contribution >= 4 is 35.4 Å². The number of nitrogens with one attached hydrogen (secondary N) is 3. The molecule has 62 heavy (non-hydrogen) atoms. The number of amides is 2. The highest BCUT2D eigenvalue weighted by Gasteiger charge is 2.38. The fourth-order valence-electron chi connectivity index (χ4n) is 7.70. The van der Waals surface area contributed by atoms with Crippen LogP contribution >= 0.6 is 11.6 Å². The van der Waals surface area contributed by atoms with E-state index in [4.69, 9.17) is 35.6 Å². The van der Waals surface area contributed by atoms with E-state index in [9.17, 15) is 27.6 Å². The molecule has 330 valence electrons. The number of anilines is 1. The van der Waals surface area contributed by atoms with Gasteiger partial charge in [0.05, 0.1) is 61.2 Å². The largest absolute Gasteiger partial charge is 0.481 e. The Morgan fingerprint density at radius 2 is 1.71 bits per heavy atom. The Balaban J connectivity index is 1.15. The minimum Gasteiger partial charge on any atom is -0.481 e. The van der Waals surface area contributed by atoms with Gasteiger partial charge in [-0.15, -0.1) is 5.48 Å². The molecule has 2 atom stereocenters. The lowest BCUT2D eigenvalue weighted by Crippen LogP contribution is -2.43. The highest BCUT2D eigenvalue weighted by Crippen LogP contribution is 2.44. The number of alkyl halides is 3. The van der Waals surface area contributed by atoms with Gasteiger partial charge in [-0.2, -0.15) is 18.2 Å². The third kappa shape index (κ3) is 10.3. The zero-order valence-corrected chi connectivity index (χ0v) is 35.8. The second-order valence-electron chi connectivity index (χ2n) is 16.6. The van der Waals surface area contributed by atoms with Crippen LogP contribution in [0, 0.1) is 5.92 Å². The second kappa shape index (κ2) is 18.3. The van der Waals surface area contributed by atoms with Crippen molar-refractivity contribution in [2.45, 2.75) is 103 Å². The second-order valence-corrected chi connectivity index (χ2v) is 17.0. The highest BCUT2D eigenvalue weighted by atomic mass is 35.5. The first kappa shape index (κ1) is 44.4. The smallest absolute Gasteiger partial charge is 0.419 e. The molecular weight excluding hydrogens is 831 g/mol. The molecule has 0 spiro atoms. The van der Waals surface area contributed by atoms with Crippen molar-refractivity contribution in [3.63, 3.8) is 0 Å². The zero-order chi connectivity index (χ0) is 44.3. The first-order valence-electron chi connectivity index (χ1n) is 20.5. The van der Waals surface area contributed by atoms with Crippen LogP contribution < -0.4 is 25.6 Å². The Bertz CT molecular complexity index is 2340. The number of fused-ring (bicyclic) bond motifs is 1. The van der Waals surface area contributed by atoms with Gasteiger partial charge in [-0.05, 0) is 94.7 Å². The molecule has 3 N–H and O–H groups in total. The van der Waals surface area contributed by atoms with E-state index in [1.807, 2.05) is 18.2 Å². The number of hydroxylamine groups is 1. The molecule has 2 fully saturated rings. The molecule has 7 rings (SSSR count). The number of hydrogen-bond acceptors (Lipinski definition) is 12. The summed E-state index contributed by atoms with van der Waals surface area (Å²) in [6.07, 6.45) is 0.534. The number of hydrogen-bond donors (Lipinski definition) is 3. The van der Waals surface area contributed by atoms with Gasteiger partial charge in [-0.1, -0.05) is 29.8 Å². The first-order chi connectivity index (χ1) is 29.5. The molecule has 1 aromatic carbocycles. The Kier molecular flexibility index (Phi) is 13.1. The maximum atomic E-state index is 14.6. The lowest BCUT2D eigenvalue weighted by atomic mass is 9.83. The topological polar surface area (TPSA) is 166 Å². The fourth-order valence-corrected chi connectivity index (χ4v) is 8.01. The Labute approximate surface area is 362 Å². The first-order valence-corrected chi connectivity index (χ1v) is 20.8. The predicted octanol–water partition coefficient (Wildman–Crippen LogP) is 8.36. The van der Waals surface area contributed by atoms with Gasteiger partial charge >= 0.3 is 18.2 Å². The number of benzene rings is 1. The van der Waals surface area contributed by atoms with E-state index in [-0.39, 0.29) is 54.8 Å². The van der Waals surface area contributed by atoms with Crippen LogP contribution in [0.1, 0.15) is 93.2 Å². The van der Waals surface area contributed by atoms with Crippen molar-refractivity contribution in [1.82, 2.24) is 30.6 Å². The molecule has 4 aromatic rings. The molecule has 1 saturated heterocycles. The minimum atomic E-state index is -4.76. The van der Waals surface area contributed by atoms with E-state index < -0.39 is 41.3 Å². The average Bonchev–Trinajstić information content (AvgIpc) is 4.00. The summed E-state index contributed by atoms with van der Waals surface area (Å²) in [4.78, 5) is 57.5. The van der Waals surface area contributed by atoms with E-state index in [1.165, 1.54) is 19.1 Å². The summed E-state index contributed by atoms with van der Waals surface area (Å²) in [5.74, 6) is -0.890. The Morgan fingerprint density at radius 1 is 0.952 bits per heavy atom. The van der Waals surface area contributed by atoms with Crippen molar-refractivity contribution in [2.24, 2.45) is 5.92 Å². The average molecular weight is 880 g/mol. The highest BCUT2D eigenvalue weighted by molar-refractivity contribution is 6.35. The van der Waals surface area contributed by atoms with Gasteiger partial charge in [0.1, 0.15) is 11.4 Å². The van der Waals surface area contributed by atoms with Gasteiger partial charge in [0.2, 0.25) is 17.7 Å². The molecule has 4 heterocycles. The quantitative estimate of drug-likeness (QED) is 0.104. The molecule has 18 heteroatoms. The molecule has 3 aliphatic rings. The summed E-state index contributed by atoms with van der Waals surface area (Å²) in [6, 6.07) is 11.1. The minimum absolute atomic E-state index is 0.0502. The number of pyridine rings is 3. The summed E-state index contributed by atoms with van der Waals surface area (Å²) >= 11 is 7.16. The molecule has 14 nitrogen and oxygen atoms in total. The number of carbonyl (C=O) groups excluding carboxylic acids is 3. The SMILES string of the molecule is COc1nc(-c2ccnc(-c3cccc4c3CCC[C@@H]4Nc3nc(OC)c(CNOC(=O)C4CC4)cc3C(F)(F)F)c2Cl)ccc1CN(C[C@@H]1CCC(=O)N1)C(=O)OC(C)(C)C. The van der Waals surface area contributed by atoms with E-state index in [2.05, 4.69) is 26.1 Å². The Morgan fingerprint density at radius 3 is 2.39 bits per heavy atom. The molecule has 1 aliphatic heterocycles. The predicted molar refractivity (Wildman–Crippen MR) is 223 cm³/mol. The molecule has 3 aromatic heterocycles. The lowest BCUT2D eigenvalue weighted by Gasteiger charge is -2.30. The van der Waals surface area contributed by atoms with Crippen LogP contribution in [-0.2, 0) is 44.9 Å². The fraction of sp³-hybridized carbons (Fsp3) is 0.455. The summed E-state index contributed by atoms with van der Waals surface area (Å²) < 4.78 is 60.6. The van der Waals surface area contributed by atoms with Crippen LogP contribution in [-0.4, -0.2) is 70.2 Å². The van der Waals surface area contributed by atoms with Crippen molar-refractivity contribution in [3.8, 4) is 34.3 Å². The van der Waals surface area contributed by atoms with Crippen molar-refractivity contribution in [2.75, 3.05) is 26.1 Å². The van der Waals surface area contributed by atoms with Crippen LogP contribution in [0.4, 0.5) is 23.8 Å². The van der Waals surface area contributed by atoms with Crippen LogP contribution in [0.2, 0.25) is 5.02 Å². The van der Waals surface area contributed by atoms with E-state index >= 15 is 0 Å². The number of rotatable bonds is 14. The maximum absolute atomic E-state index is 14.6. The number of halogens is 4. The van der Waals surface area contributed by atoms with Crippen molar-refractivity contribution in [3.05, 3.63) is 81.5 Å². The molecule has 0 bridgehead atoms. The van der Waals surface area contributed by atoms with Crippen LogP contribution in [0.15, 0.2) is 48.7 Å². The molecule has 1 saturated carbocycles. The number of aromatic nitrogens is 3. The normalized spacial score (nSPS) is 17.5. The number of nitrogens with zero attached hydrogens (tertiary/aromatic N) is 4. The van der Waals surface area contributed by atoms with Crippen LogP contribution in [0.5, 0.6) is 11.8 Å². The molecular formula is C44H49ClF3N7O7. The molecule has 2 amide bonds. The summed E-state index contributed by atoms with van der Waals surface area (Å²) in [5, 5.41) is 6.29. The number of carbonyl (C=O) groups is 3. The van der Waals surface area contributed by atoms with Gasteiger partial charge < -0.3 is 34.6 Å². The Hall–Kier alpha value is -5.68. The zero-order valence-electron chi connectivity index (χ0n) is 35.1. The van der Waals surface area contributed by atoms with E-state index in [0.717, 1.165) is 35.6 Å². The monoisotopic (exact) mass is 879 g/mol. The van der Waals surface area contributed by atoms with Gasteiger partial charge in [0.25, 0.3) is 0 Å². The van der Waals surface area contributed by atoms with Gasteiger partial charge in [0, 0.05) is 47.5 Å². The van der Waals surface area contributed by atoms with Crippen LogP contribution in [0.3, 0.4) is 0 Å². The van der Waals surface area contributed by atoms with Gasteiger partial charge in [0.15, 0.2) is 0 Å². The molecule has 0 radical (unpaired) electrons. The number of methoxy groups -OCH3 is 2. The van der Waals surface area contributed by atoms with Gasteiger partial charge in [-0.3, -0.25) is 14.6 Å². The van der Waals surface area contributed by atoms with E-state index in [0.29, 0.717) is 59.6 Å². The number of ether oxygens (including phenoxy) is 3. The van der Waals surface area contributed by atoms with Gasteiger partial charge in [-0.25, -0.2) is 9.78 Å². The standard InChI is InChI=1S/C44H49ClF3N7O7/c1-43(2,3)61-42(58)55(23-27-15-17-35(56)51-27)22-25-14-16-34(53-39(25)59-4)31-18-19-49-37(36(31)45)30-10-6-9-29-28(30)8-7-11-33(29)52-38-32(44(46,47)48)20-26(40(54-38)60-5)21-50-62-41(57)24-12-13-24/h6,9-10,14,16,18-20,24,27,33,50H,7-8,11-13,15,17,21-23H2,1-5H3,(H,51,56)(H,52,54)/t27-,33-/m0/s1. The molecule has 2 aliphatic carbocycles. The van der Waals surface area contributed by atoms with Crippen LogP contribution in [0.25, 0.3) is 22.5 Å². The summed E-state index contributed by atoms with van der Waals surface area (Å²) in [5.41, 5.74) is 5.29. The third-order valence-corrected chi connectivity index (χ3v) is 11.2. The summed E-state index contributed by atoms with van der Waals surface area (Å²) in [6.45, 7) is 5.45. The lowest BCUT2D eigenvalue weighted by molar-refractivity contribution is -0.153. The van der Waals surface area contributed by atoms with Crippen molar-refractivity contribution < 1.29 is 46.6 Å². The van der Waals surface area contributed by atoms with E-state index in [1.54, 1.807) is 45.2 Å². The summed E-state index contributed by atoms with van der Waals surface area (Å²) in [7, 11) is 2.79.